The number of carbonyl (C=O) groups is 2. The van der Waals surface area contributed by atoms with Gasteiger partial charge >= 0.3 is 5.97 Å². The Kier molecular flexibility index (Phi) is 4.62. The van der Waals surface area contributed by atoms with Crippen LogP contribution in [0.3, 0.4) is 0 Å². The number of benzene rings is 1. The lowest BCUT2D eigenvalue weighted by molar-refractivity contribution is 0.0527. The van der Waals surface area contributed by atoms with Crippen LogP contribution in [0.4, 0.5) is 5.82 Å². The van der Waals surface area contributed by atoms with Crippen molar-refractivity contribution in [3.05, 3.63) is 65.1 Å². The Labute approximate surface area is 151 Å². The molecule has 3 rings (SSSR count). The quantitative estimate of drug-likeness (QED) is 0.729. The summed E-state index contributed by atoms with van der Waals surface area (Å²) in [7, 11) is 0. The number of nitrogen functional groups attached to an aromatic ring is 1. The molecule has 3 aromatic rings. The first kappa shape index (κ1) is 17.5. The van der Waals surface area contributed by atoms with Crippen molar-refractivity contribution >= 4 is 17.7 Å². The van der Waals surface area contributed by atoms with Gasteiger partial charge in [0.2, 0.25) is 0 Å². The lowest BCUT2D eigenvalue weighted by Gasteiger charge is -2.10. The van der Waals surface area contributed by atoms with E-state index in [1.54, 1.807) is 19.1 Å². The summed E-state index contributed by atoms with van der Waals surface area (Å²) in [5.41, 5.74) is 9.57. The van der Waals surface area contributed by atoms with Gasteiger partial charge < -0.3 is 15.0 Å². The van der Waals surface area contributed by atoms with Crippen molar-refractivity contribution in [2.45, 2.75) is 20.8 Å². The molecule has 2 heterocycles. The summed E-state index contributed by atoms with van der Waals surface area (Å²) in [6.07, 6.45) is 1.24. The summed E-state index contributed by atoms with van der Waals surface area (Å²) < 4.78 is 8.00. The third-order valence-electron chi connectivity index (χ3n) is 4.14. The maximum atomic E-state index is 12.7. The molecule has 7 heteroatoms. The smallest absolute Gasteiger partial charge is 0.343 e. The van der Waals surface area contributed by atoms with Crippen LogP contribution in [0.1, 0.15) is 39.0 Å². The number of esters is 1. The van der Waals surface area contributed by atoms with E-state index < -0.39 is 11.9 Å². The second kappa shape index (κ2) is 6.87. The Hall–Kier alpha value is -3.35. The van der Waals surface area contributed by atoms with Crippen LogP contribution in [-0.2, 0) is 4.74 Å². The number of aromatic nitrogens is 3. The van der Waals surface area contributed by atoms with E-state index in [-0.39, 0.29) is 18.0 Å². The number of nitrogens with zero attached hydrogens (tertiary/aromatic N) is 3. The molecule has 0 fully saturated rings. The number of hydrogen-bond acceptors (Lipinski definition) is 5. The fourth-order valence-electron chi connectivity index (χ4n) is 2.84. The van der Waals surface area contributed by atoms with E-state index in [0.717, 1.165) is 21.8 Å². The van der Waals surface area contributed by atoms with E-state index in [9.17, 15) is 9.59 Å². The first-order chi connectivity index (χ1) is 12.4. The van der Waals surface area contributed by atoms with Gasteiger partial charge in [0.25, 0.3) is 5.91 Å². The summed E-state index contributed by atoms with van der Waals surface area (Å²) >= 11 is 0. The number of ether oxygens (including phenoxy) is 1. The van der Waals surface area contributed by atoms with Crippen molar-refractivity contribution < 1.29 is 14.3 Å². The molecule has 134 valence electrons. The zero-order valence-electron chi connectivity index (χ0n) is 14.9. The highest BCUT2D eigenvalue weighted by atomic mass is 16.5. The van der Waals surface area contributed by atoms with Crippen LogP contribution < -0.4 is 5.73 Å². The van der Waals surface area contributed by atoms with Crippen LogP contribution in [0, 0.1) is 13.8 Å². The van der Waals surface area contributed by atoms with Gasteiger partial charge in [0.05, 0.1) is 12.8 Å². The zero-order chi connectivity index (χ0) is 18.8. The molecule has 0 atom stereocenters. The number of aryl methyl sites for hydroxylation is 2. The van der Waals surface area contributed by atoms with Crippen molar-refractivity contribution in [1.82, 2.24) is 14.3 Å². The number of rotatable bonds is 4. The second-order valence-electron chi connectivity index (χ2n) is 5.88. The summed E-state index contributed by atoms with van der Waals surface area (Å²) in [6.45, 7) is 5.96. The van der Waals surface area contributed by atoms with Crippen LogP contribution in [0.15, 0.2) is 42.6 Å². The molecule has 0 unspecified atom stereocenters. The minimum absolute atomic E-state index is 0.0328. The van der Waals surface area contributed by atoms with Gasteiger partial charge in [0.15, 0.2) is 0 Å². The van der Waals surface area contributed by atoms with Crippen molar-refractivity contribution in [1.29, 1.82) is 0 Å². The fourth-order valence-corrected chi connectivity index (χ4v) is 2.84. The topological polar surface area (TPSA) is 92.1 Å². The van der Waals surface area contributed by atoms with Gasteiger partial charge in [-0.2, -0.15) is 9.78 Å². The van der Waals surface area contributed by atoms with E-state index in [4.69, 9.17) is 10.5 Å². The minimum atomic E-state index is -0.599. The molecular formula is C19H20N4O3. The third kappa shape index (κ3) is 2.99. The Bertz CT molecular complexity index is 948. The van der Waals surface area contributed by atoms with Crippen molar-refractivity contribution in [3.8, 4) is 5.69 Å². The lowest BCUT2D eigenvalue weighted by atomic mass is 10.2. The fraction of sp³-hybridized carbons (Fsp3) is 0.211. The van der Waals surface area contributed by atoms with Crippen LogP contribution in [0.25, 0.3) is 5.69 Å². The van der Waals surface area contributed by atoms with Crippen molar-refractivity contribution in [2.75, 3.05) is 12.3 Å². The molecule has 0 aliphatic carbocycles. The molecule has 0 amide bonds. The van der Waals surface area contributed by atoms with Gasteiger partial charge in [-0.05, 0) is 57.2 Å². The Morgan fingerprint density at radius 2 is 1.69 bits per heavy atom. The number of anilines is 1. The maximum absolute atomic E-state index is 12.7. The van der Waals surface area contributed by atoms with Gasteiger partial charge in [-0.3, -0.25) is 4.79 Å². The Morgan fingerprint density at radius 1 is 1.08 bits per heavy atom. The van der Waals surface area contributed by atoms with Gasteiger partial charge in [-0.25, -0.2) is 4.79 Å². The summed E-state index contributed by atoms with van der Waals surface area (Å²) in [4.78, 5) is 24.5. The van der Waals surface area contributed by atoms with Crippen molar-refractivity contribution in [2.24, 2.45) is 0 Å². The van der Waals surface area contributed by atoms with E-state index in [0.29, 0.717) is 5.56 Å². The number of carbonyl (C=O) groups excluding carboxylic acids is 2. The SMILES string of the molecule is CCOC(=O)c1cnn(C(=O)c2ccc(-n3c(C)ccc3C)cc2)c1N. The van der Waals surface area contributed by atoms with Crippen LogP contribution in [0.5, 0.6) is 0 Å². The molecule has 2 aromatic heterocycles. The largest absolute Gasteiger partial charge is 0.462 e. The Morgan fingerprint density at radius 3 is 2.27 bits per heavy atom. The zero-order valence-corrected chi connectivity index (χ0v) is 14.9. The second-order valence-corrected chi connectivity index (χ2v) is 5.88. The first-order valence-electron chi connectivity index (χ1n) is 8.24. The van der Waals surface area contributed by atoms with E-state index in [2.05, 4.69) is 9.67 Å². The monoisotopic (exact) mass is 352 g/mol. The number of hydrogen-bond donors (Lipinski definition) is 1. The highest BCUT2D eigenvalue weighted by Crippen LogP contribution is 2.19. The molecule has 0 saturated heterocycles. The lowest BCUT2D eigenvalue weighted by Crippen LogP contribution is -2.17. The molecule has 0 bridgehead atoms. The van der Waals surface area contributed by atoms with E-state index in [1.807, 2.05) is 38.1 Å². The van der Waals surface area contributed by atoms with E-state index in [1.165, 1.54) is 6.20 Å². The number of nitrogens with two attached hydrogens (primary N) is 1. The molecular weight excluding hydrogens is 332 g/mol. The Balaban J connectivity index is 1.89. The average molecular weight is 352 g/mol. The van der Waals surface area contributed by atoms with Crippen LogP contribution >= 0.6 is 0 Å². The third-order valence-corrected chi connectivity index (χ3v) is 4.14. The normalized spacial score (nSPS) is 10.7. The minimum Gasteiger partial charge on any atom is -0.462 e. The molecule has 2 N–H and O–H groups in total. The maximum Gasteiger partial charge on any atom is 0.343 e. The molecule has 0 aliphatic rings. The predicted molar refractivity (Wildman–Crippen MR) is 97.6 cm³/mol. The summed E-state index contributed by atoms with van der Waals surface area (Å²) in [5, 5.41) is 3.93. The average Bonchev–Trinajstić information content (AvgIpc) is 3.17. The molecule has 7 nitrogen and oxygen atoms in total. The van der Waals surface area contributed by atoms with Gasteiger partial charge in [0, 0.05) is 22.6 Å². The molecule has 26 heavy (non-hydrogen) atoms. The van der Waals surface area contributed by atoms with Gasteiger partial charge in [-0.1, -0.05) is 0 Å². The predicted octanol–water partition coefficient (Wildman–Crippen LogP) is 2.74. The molecule has 0 radical (unpaired) electrons. The summed E-state index contributed by atoms with van der Waals surface area (Å²) in [6, 6.07) is 11.2. The highest BCUT2D eigenvalue weighted by Gasteiger charge is 2.20. The molecule has 0 saturated carbocycles. The molecule has 0 aliphatic heterocycles. The standard InChI is InChI=1S/C19H20N4O3/c1-4-26-19(25)16-11-21-23(17(16)20)18(24)14-7-9-15(10-8-14)22-12(2)5-6-13(22)3/h5-11H,4,20H2,1-3H3. The highest BCUT2D eigenvalue weighted by molar-refractivity contribution is 6.01. The van der Waals surface area contributed by atoms with Gasteiger partial charge in [-0.15, -0.1) is 0 Å². The van der Waals surface area contributed by atoms with Crippen molar-refractivity contribution in [3.63, 3.8) is 0 Å². The van der Waals surface area contributed by atoms with Crippen LogP contribution in [0.2, 0.25) is 0 Å². The van der Waals surface area contributed by atoms with Gasteiger partial charge in [0.1, 0.15) is 11.4 Å². The van der Waals surface area contributed by atoms with Crippen LogP contribution in [-0.4, -0.2) is 32.8 Å². The molecule has 0 spiro atoms. The molecule has 1 aromatic carbocycles. The first-order valence-corrected chi connectivity index (χ1v) is 8.24. The summed E-state index contributed by atoms with van der Waals surface area (Å²) in [5.74, 6) is -1.04. The van der Waals surface area contributed by atoms with E-state index >= 15 is 0 Å².